The van der Waals surface area contributed by atoms with E-state index in [0.29, 0.717) is 17.5 Å². The zero-order valence-electron chi connectivity index (χ0n) is 30.3. The minimum absolute atomic E-state index is 0.589. The first-order valence-corrected chi connectivity index (χ1v) is 18.9. The van der Waals surface area contributed by atoms with Crippen LogP contribution < -0.4 is 0 Å². The van der Waals surface area contributed by atoms with Crippen LogP contribution >= 0.6 is 0 Å². The number of hydrogen-bond donors (Lipinski definition) is 0. The van der Waals surface area contributed by atoms with E-state index in [9.17, 15) is 0 Å². The number of furan rings is 3. The van der Waals surface area contributed by atoms with Crippen LogP contribution in [0.1, 0.15) is 0 Å². The van der Waals surface area contributed by atoms with E-state index in [4.69, 9.17) is 28.2 Å². The van der Waals surface area contributed by atoms with Gasteiger partial charge in [0.05, 0.1) is 0 Å². The molecule has 0 aliphatic heterocycles. The molecule has 266 valence electrons. The smallest absolute Gasteiger partial charge is 0.164 e. The van der Waals surface area contributed by atoms with Gasteiger partial charge in [-0.15, -0.1) is 0 Å². The number of hydrogen-bond acceptors (Lipinski definition) is 6. The fraction of sp³-hybridized carbons (Fsp3) is 0. The van der Waals surface area contributed by atoms with Gasteiger partial charge in [-0.2, -0.15) is 0 Å². The Morgan fingerprint density at radius 3 is 1.49 bits per heavy atom. The summed E-state index contributed by atoms with van der Waals surface area (Å²) in [7, 11) is 0. The van der Waals surface area contributed by atoms with Gasteiger partial charge < -0.3 is 13.3 Å². The third-order valence-electron chi connectivity index (χ3n) is 10.9. The number of nitrogens with zero attached hydrogens (tertiary/aromatic N) is 3. The van der Waals surface area contributed by atoms with Crippen molar-refractivity contribution in [1.29, 1.82) is 0 Å². The number of aromatic nitrogens is 3. The summed E-state index contributed by atoms with van der Waals surface area (Å²) in [6, 6.07) is 60.0. The van der Waals surface area contributed by atoms with Crippen molar-refractivity contribution < 1.29 is 13.3 Å². The van der Waals surface area contributed by atoms with Gasteiger partial charge >= 0.3 is 0 Å². The van der Waals surface area contributed by atoms with Gasteiger partial charge in [-0.3, -0.25) is 0 Å². The zero-order valence-corrected chi connectivity index (χ0v) is 30.3. The fourth-order valence-corrected chi connectivity index (χ4v) is 8.19. The summed E-state index contributed by atoms with van der Waals surface area (Å²) < 4.78 is 18.8. The largest absolute Gasteiger partial charge is 0.456 e. The van der Waals surface area contributed by atoms with Crippen LogP contribution in [0.2, 0.25) is 0 Å². The van der Waals surface area contributed by atoms with Gasteiger partial charge in [0.15, 0.2) is 17.5 Å². The van der Waals surface area contributed by atoms with Crippen LogP contribution in [0, 0.1) is 0 Å². The van der Waals surface area contributed by atoms with Crippen molar-refractivity contribution in [3.8, 4) is 56.4 Å². The quantitative estimate of drug-likeness (QED) is 0.175. The van der Waals surface area contributed by atoms with E-state index < -0.39 is 0 Å². The van der Waals surface area contributed by atoms with E-state index >= 15 is 0 Å². The molecule has 8 aromatic carbocycles. The molecule has 4 heterocycles. The molecule has 0 unspecified atom stereocenters. The molecule has 0 N–H and O–H groups in total. The highest BCUT2D eigenvalue weighted by Crippen LogP contribution is 2.40. The first-order chi connectivity index (χ1) is 28.2. The molecule has 0 aliphatic rings. The van der Waals surface area contributed by atoms with Gasteiger partial charge in [0.2, 0.25) is 0 Å². The molecule has 0 saturated carbocycles. The highest BCUT2D eigenvalue weighted by molar-refractivity contribution is 6.15. The molecule has 4 aromatic heterocycles. The summed E-state index contributed by atoms with van der Waals surface area (Å²) in [5.41, 5.74) is 12.1. The molecule has 6 nitrogen and oxygen atoms in total. The molecule has 0 atom stereocenters. The normalized spacial score (nSPS) is 11.9. The zero-order chi connectivity index (χ0) is 37.5. The second kappa shape index (κ2) is 12.3. The average Bonchev–Trinajstić information content (AvgIpc) is 3.96. The lowest BCUT2D eigenvalue weighted by Gasteiger charge is -2.11. The molecular formula is C51H29N3O3. The lowest BCUT2D eigenvalue weighted by molar-refractivity contribution is 0.664. The SMILES string of the molecule is c1ccc(-c2nc(-c3cccc(-c4cccc(-c5ccc6oc7cc8c(cc7c6c5)oc5ccccc58)c4)c3)nc(-c3cccc4oc5ccccc5c34)n2)cc1. The van der Waals surface area contributed by atoms with Crippen molar-refractivity contribution >= 4 is 65.8 Å². The minimum Gasteiger partial charge on any atom is -0.456 e. The fourth-order valence-electron chi connectivity index (χ4n) is 8.19. The van der Waals surface area contributed by atoms with E-state index in [1.807, 2.05) is 78.9 Å². The molecule has 0 saturated heterocycles. The van der Waals surface area contributed by atoms with Crippen LogP contribution in [0.3, 0.4) is 0 Å². The van der Waals surface area contributed by atoms with Crippen molar-refractivity contribution in [3.05, 3.63) is 176 Å². The van der Waals surface area contributed by atoms with E-state index in [2.05, 4.69) is 97.1 Å². The van der Waals surface area contributed by atoms with Gasteiger partial charge in [0.1, 0.15) is 33.5 Å². The summed E-state index contributed by atoms with van der Waals surface area (Å²) in [6.07, 6.45) is 0. The summed E-state index contributed by atoms with van der Waals surface area (Å²) in [5.74, 6) is 1.79. The van der Waals surface area contributed by atoms with Crippen molar-refractivity contribution in [1.82, 2.24) is 15.0 Å². The number of fused-ring (bicyclic) bond motifs is 9. The molecule has 0 aliphatic carbocycles. The monoisotopic (exact) mass is 731 g/mol. The Balaban J connectivity index is 0.954. The van der Waals surface area contributed by atoms with Crippen LogP contribution in [0.5, 0.6) is 0 Å². The first-order valence-electron chi connectivity index (χ1n) is 18.9. The van der Waals surface area contributed by atoms with Crippen LogP contribution in [0.25, 0.3) is 122 Å². The Bertz CT molecular complexity index is 3540. The molecule has 12 aromatic rings. The van der Waals surface area contributed by atoms with Crippen LogP contribution in [0.4, 0.5) is 0 Å². The summed E-state index contributed by atoms with van der Waals surface area (Å²) in [5, 5.41) is 6.24. The molecule has 12 rings (SSSR count). The Labute approximate surface area is 325 Å². The Hall–Kier alpha value is -7.83. The van der Waals surface area contributed by atoms with E-state index in [1.165, 1.54) is 0 Å². The van der Waals surface area contributed by atoms with Crippen LogP contribution in [-0.4, -0.2) is 15.0 Å². The lowest BCUT2D eigenvalue weighted by atomic mass is 9.97. The van der Waals surface area contributed by atoms with Crippen molar-refractivity contribution in [2.45, 2.75) is 0 Å². The van der Waals surface area contributed by atoms with Gasteiger partial charge in [-0.05, 0) is 76.9 Å². The predicted octanol–water partition coefficient (Wildman–Crippen LogP) is 13.9. The molecule has 0 radical (unpaired) electrons. The molecule has 0 fully saturated rings. The molecular weight excluding hydrogens is 703 g/mol. The van der Waals surface area contributed by atoms with Crippen LogP contribution in [-0.2, 0) is 0 Å². The maximum atomic E-state index is 6.36. The standard InChI is InChI=1S/C51H29N3O3/c1-2-11-30(12-3-1)49-52-50(54-51(53-49)38-19-10-22-45-48(38)37-18-5-7-21-43(37)55-45)35-16-9-15-33(26-35)31-13-8-14-32(25-31)34-23-24-44-39(27-34)41-29-46-40(28-47(41)57-44)36-17-4-6-20-42(36)56-46/h1-29H. The lowest BCUT2D eigenvalue weighted by Crippen LogP contribution is -2.00. The summed E-state index contributed by atoms with van der Waals surface area (Å²) in [6.45, 7) is 0. The Kier molecular flexibility index (Phi) is 6.83. The highest BCUT2D eigenvalue weighted by atomic mass is 16.3. The van der Waals surface area contributed by atoms with Gasteiger partial charge in [-0.25, -0.2) is 15.0 Å². The second-order valence-electron chi connectivity index (χ2n) is 14.4. The Morgan fingerprint density at radius 1 is 0.263 bits per heavy atom. The molecule has 0 amide bonds. The van der Waals surface area contributed by atoms with Crippen LogP contribution in [0.15, 0.2) is 189 Å². The summed E-state index contributed by atoms with van der Waals surface area (Å²) in [4.78, 5) is 15.2. The Morgan fingerprint density at radius 2 is 0.737 bits per heavy atom. The molecule has 0 bridgehead atoms. The van der Waals surface area contributed by atoms with Crippen molar-refractivity contribution in [2.24, 2.45) is 0 Å². The van der Waals surface area contributed by atoms with Gasteiger partial charge in [-0.1, -0.05) is 121 Å². The molecule has 6 heteroatoms. The van der Waals surface area contributed by atoms with E-state index in [1.54, 1.807) is 0 Å². The highest BCUT2D eigenvalue weighted by Gasteiger charge is 2.19. The molecule has 57 heavy (non-hydrogen) atoms. The second-order valence-corrected chi connectivity index (χ2v) is 14.4. The van der Waals surface area contributed by atoms with Crippen molar-refractivity contribution in [2.75, 3.05) is 0 Å². The number of benzene rings is 8. The number of rotatable bonds is 5. The number of para-hydroxylation sites is 2. The van der Waals surface area contributed by atoms with Gasteiger partial charge in [0.25, 0.3) is 0 Å². The van der Waals surface area contributed by atoms with E-state index in [-0.39, 0.29) is 0 Å². The maximum absolute atomic E-state index is 6.36. The average molecular weight is 732 g/mol. The third-order valence-corrected chi connectivity index (χ3v) is 10.9. The minimum atomic E-state index is 0.589. The topological polar surface area (TPSA) is 78.1 Å². The van der Waals surface area contributed by atoms with E-state index in [0.717, 1.165) is 105 Å². The van der Waals surface area contributed by atoms with Gasteiger partial charge in [0, 0.05) is 49.0 Å². The maximum Gasteiger partial charge on any atom is 0.164 e. The molecule has 0 spiro atoms. The predicted molar refractivity (Wildman–Crippen MR) is 229 cm³/mol. The van der Waals surface area contributed by atoms with Crippen molar-refractivity contribution in [3.63, 3.8) is 0 Å². The third kappa shape index (κ3) is 5.15. The summed E-state index contributed by atoms with van der Waals surface area (Å²) >= 11 is 0. The first kappa shape index (κ1) is 31.5.